The number of carbonyl (C=O) groups is 2. The van der Waals surface area contributed by atoms with Crippen molar-refractivity contribution in [2.75, 3.05) is 31.1 Å². The molecule has 3 aromatic rings. The number of ether oxygens (including phenoxy) is 2. The number of benzene rings is 1. The van der Waals surface area contributed by atoms with Gasteiger partial charge < -0.3 is 19.3 Å². The number of carbonyl (C=O) groups excluding carboxylic acids is 2. The molecule has 0 bridgehead atoms. The van der Waals surface area contributed by atoms with Crippen LogP contribution in [0.2, 0.25) is 0 Å². The summed E-state index contributed by atoms with van der Waals surface area (Å²) in [5, 5.41) is 0.961. The fourth-order valence-electron chi connectivity index (χ4n) is 4.99. The van der Waals surface area contributed by atoms with Gasteiger partial charge in [0.1, 0.15) is 16.8 Å². The summed E-state index contributed by atoms with van der Waals surface area (Å²) in [7, 11) is 0. The minimum absolute atomic E-state index is 0.246. The molecule has 0 radical (unpaired) electrons. The van der Waals surface area contributed by atoms with E-state index < -0.39 is 17.3 Å². The monoisotopic (exact) mass is 562 g/mol. The van der Waals surface area contributed by atoms with E-state index in [4.69, 9.17) is 14.5 Å². The molecule has 1 amide bonds. The van der Waals surface area contributed by atoms with Gasteiger partial charge in [0.25, 0.3) is 0 Å². The van der Waals surface area contributed by atoms with Gasteiger partial charge in [0.15, 0.2) is 0 Å². The Kier molecular flexibility index (Phi) is 8.71. The van der Waals surface area contributed by atoms with Gasteiger partial charge in [-0.05, 0) is 90.6 Å². The number of nitrogens with zero attached hydrogens (tertiary/aromatic N) is 4. The smallest absolute Gasteiger partial charge is 0.420 e. The lowest BCUT2D eigenvalue weighted by molar-refractivity contribution is 0.0240. The molecule has 0 atom stereocenters. The Morgan fingerprint density at radius 2 is 1.41 bits per heavy atom. The van der Waals surface area contributed by atoms with Crippen molar-refractivity contribution in [3.8, 4) is 11.1 Å². The number of piperazine rings is 1. The van der Waals surface area contributed by atoms with Crippen molar-refractivity contribution in [2.24, 2.45) is 0 Å². The molecular weight excluding hydrogens is 516 g/mol. The zero-order valence-corrected chi connectivity index (χ0v) is 26.2. The fraction of sp³-hybridized carbons (Fsp3) is 0.545. The molecule has 2 fully saturated rings. The molecule has 41 heavy (non-hydrogen) atoms. The van der Waals surface area contributed by atoms with E-state index in [9.17, 15) is 9.59 Å². The average Bonchev–Trinajstić information content (AvgIpc) is 3.71. The topological polar surface area (TPSA) is 76.9 Å². The van der Waals surface area contributed by atoms with Crippen molar-refractivity contribution in [1.82, 2.24) is 14.5 Å². The van der Waals surface area contributed by atoms with Gasteiger partial charge in [0.2, 0.25) is 0 Å². The Labute approximate surface area is 244 Å². The van der Waals surface area contributed by atoms with Crippen molar-refractivity contribution in [1.29, 1.82) is 0 Å². The predicted molar refractivity (Wildman–Crippen MR) is 165 cm³/mol. The van der Waals surface area contributed by atoms with Crippen LogP contribution < -0.4 is 4.90 Å². The Balaban J connectivity index is 0.00000189. The van der Waals surface area contributed by atoms with Crippen LogP contribution in [0.5, 0.6) is 0 Å². The summed E-state index contributed by atoms with van der Waals surface area (Å²) in [4.78, 5) is 34.5. The van der Waals surface area contributed by atoms with E-state index in [0.717, 1.165) is 59.4 Å². The van der Waals surface area contributed by atoms with Gasteiger partial charge in [-0.3, -0.25) is 0 Å². The summed E-state index contributed by atoms with van der Waals surface area (Å²) in [6.07, 6.45) is 3.39. The van der Waals surface area contributed by atoms with Crippen LogP contribution in [0.1, 0.15) is 85.4 Å². The second kappa shape index (κ2) is 11.7. The fourth-order valence-corrected chi connectivity index (χ4v) is 4.99. The number of hydrogen-bond acceptors (Lipinski definition) is 6. The Morgan fingerprint density at radius 1 is 0.854 bits per heavy atom. The van der Waals surface area contributed by atoms with E-state index in [-0.39, 0.29) is 6.09 Å². The van der Waals surface area contributed by atoms with Gasteiger partial charge >= 0.3 is 12.2 Å². The average molecular weight is 563 g/mol. The molecule has 8 heteroatoms. The van der Waals surface area contributed by atoms with Gasteiger partial charge in [-0.1, -0.05) is 26.0 Å². The van der Waals surface area contributed by atoms with Gasteiger partial charge in [0.05, 0.1) is 5.69 Å². The van der Waals surface area contributed by atoms with Crippen LogP contribution in [0.15, 0.2) is 36.5 Å². The first kappa shape index (κ1) is 30.4. The second-order valence-corrected chi connectivity index (χ2v) is 12.7. The lowest BCUT2D eigenvalue weighted by Crippen LogP contribution is -2.50. The van der Waals surface area contributed by atoms with Gasteiger partial charge in [-0.2, -0.15) is 0 Å². The summed E-state index contributed by atoms with van der Waals surface area (Å²) in [5.74, 6) is 0.410. The maximum atomic E-state index is 12.9. The lowest BCUT2D eigenvalue weighted by atomic mass is 9.99. The van der Waals surface area contributed by atoms with Crippen molar-refractivity contribution in [3.05, 3.63) is 47.8 Å². The van der Waals surface area contributed by atoms with Crippen LogP contribution in [0, 0.1) is 6.92 Å². The van der Waals surface area contributed by atoms with E-state index in [1.807, 2.05) is 68.5 Å². The van der Waals surface area contributed by atoms with Crippen molar-refractivity contribution < 1.29 is 19.1 Å². The Morgan fingerprint density at radius 3 is 1.95 bits per heavy atom. The van der Waals surface area contributed by atoms with E-state index >= 15 is 0 Å². The summed E-state index contributed by atoms with van der Waals surface area (Å²) < 4.78 is 12.7. The van der Waals surface area contributed by atoms with Gasteiger partial charge in [-0.25, -0.2) is 19.1 Å². The second-order valence-electron chi connectivity index (χ2n) is 12.7. The van der Waals surface area contributed by atoms with E-state index in [0.29, 0.717) is 24.7 Å². The van der Waals surface area contributed by atoms with Crippen LogP contribution in [0.4, 0.5) is 15.3 Å². The third kappa shape index (κ3) is 7.21. The van der Waals surface area contributed by atoms with E-state index in [1.165, 1.54) is 0 Å². The molecule has 8 nitrogen and oxygen atoms in total. The standard InChI is InChI=1S/C31H40N4O4.C2H6/c1-20-19-35(29(37)39-31(5,6)7)27-24(20)18-25(26(32-27)22-8-9-22)21-10-12-23(13-11-21)33-14-16-34(17-15-33)28(36)38-30(2,3)4;1-2/h10-13,18-19,22H,8-9,14-17H2,1-7H3;1-2H3. The quantitative estimate of drug-likeness (QED) is 0.325. The molecule has 222 valence electrons. The van der Waals surface area contributed by atoms with Crippen molar-refractivity contribution >= 4 is 28.9 Å². The number of aryl methyl sites for hydroxylation is 1. The molecule has 5 rings (SSSR count). The minimum atomic E-state index is -0.578. The maximum Gasteiger partial charge on any atom is 0.420 e. The molecule has 1 aromatic carbocycles. The molecule has 3 heterocycles. The molecule has 0 N–H and O–H groups in total. The Bertz CT molecular complexity index is 1380. The molecule has 1 saturated heterocycles. The number of rotatable bonds is 3. The van der Waals surface area contributed by atoms with Gasteiger partial charge in [-0.15, -0.1) is 0 Å². The highest BCUT2D eigenvalue weighted by atomic mass is 16.6. The largest absolute Gasteiger partial charge is 0.444 e. The minimum Gasteiger partial charge on any atom is -0.444 e. The highest BCUT2D eigenvalue weighted by Gasteiger charge is 2.31. The summed E-state index contributed by atoms with van der Waals surface area (Å²) in [5.41, 5.74) is 5.01. The van der Waals surface area contributed by atoms with E-state index in [1.54, 1.807) is 9.47 Å². The molecule has 1 aliphatic carbocycles. The highest BCUT2D eigenvalue weighted by Crippen LogP contribution is 2.45. The molecule has 1 aliphatic heterocycles. The number of amides is 1. The van der Waals surface area contributed by atoms with Crippen LogP contribution in [-0.2, 0) is 9.47 Å². The number of aromatic nitrogens is 2. The van der Waals surface area contributed by atoms with Gasteiger partial charge in [0, 0.05) is 54.9 Å². The van der Waals surface area contributed by atoms with Crippen molar-refractivity contribution in [3.63, 3.8) is 0 Å². The molecule has 0 unspecified atom stereocenters. The first-order valence-electron chi connectivity index (χ1n) is 14.9. The summed E-state index contributed by atoms with van der Waals surface area (Å²) in [6, 6.07) is 10.8. The van der Waals surface area contributed by atoms with Crippen molar-refractivity contribution in [2.45, 2.75) is 92.3 Å². The van der Waals surface area contributed by atoms with Crippen LogP contribution in [0.3, 0.4) is 0 Å². The van der Waals surface area contributed by atoms with Crippen LogP contribution in [-0.4, -0.2) is 64.0 Å². The maximum absolute atomic E-state index is 12.9. The first-order valence-corrected chi connectivity index (χ1v) is 14.9. The molecule has 1 saturated carbocycles. The van der Waals surface area contributed by atoms with Crippen LogP contribution in [0.25, 0.3) is 22.2 Å². The third-order valence-electron chi connectivity index (χ3n) is 7.04. The number of hydrogen-bond donors (Lipinski definition) is 0. The molecule has 2 aromatic heterocycles. The molecular formula is C33H46N4O4. The normalized spacial score (nSPS) is 15.8. The lowest BCUT2D eigenvalue weighted by Gasteiger charge is -2.36. The number of anilines is 1. The number of pyridine rings is 1. The van der Waals surface area contributed by atoms with E-state index in [2.05, 4.69) is 35.2 Å². The number of fused-ring (bicyclic) bond motifs is 1. The van der Waals surface area contributed by atoms with Crippen LogP contribution >= 0.6 is 0 Å². The molecule has 0 spiro atoms. The molecule has 2 aliphatic rings. The first-order chi connectivity index (χ1) is 19.3. The summed E-state index contributed by atoms with van der Waals surface area (Å²) in [6.45, 7) is 20.1. The SMILES string of the molecule is CC.Cc1cn(C(=O)OC(C)(C)C)c2nc(C3CC3)c(-c3ccc(N4CCN(C(=O)OC(C)(C)C)CC4)cc3)cc12. The Hall–Kier alpha value is -3.55. The zero-order chi connectivity index (χ0) is 30.1. The third-order valence-corrected chi connectivity index (χ3v) is 7.04. The predicted octanol–water partition coefficient (Wildman–Crippen LogP) is 7.76. The zero-order valence-electron chi connectivity index (χ0n) is 26.2. The summed E-state index contributed by atoms with van der Waals surface area (Å²) >= 11 is 0. The highest BCUT2D eigenvalue weighted by molar-refractivity contribution is 5.92.